The Kier molecular flexibility index (Phi) is 1.30. The molecule has 0 radical (unpaired) electrons. The van der Waals surface area contributed by atoms with Crippen molar-refractivity contribution in [1.82, 2.24) is 0 Å². The van der Waals surface area contributed by atoms with Gasteiger partial charge in [0, 0.05) is 12.5 Å². The molecule has 2 heteroatoms. The molecule has 2 atom stereocenters. The zero-order valence-electron chi connectivity index (χ0n) is 4.42. The Bertz CT molecular complexity index is 59.1. The third-order valence-electron chi connectivity index (χ3n) is 1.28. The predicted octanol–water partition coefficient (Wildman–Crippen LogP) is 0.0136. The highest BCUT2D eigenvalue weighted by molar-refractivity contribution is 4.74. The Balaban J connectivity index is 2.10. The quantitative estimate of drug-likeness (QED) is 0.498. The first kappa shape index (κ1) is 5.06. The van der Waals surface area contributed by atoms with Gasteiger partial charge in [-0.05, 0) is 0 Å². The lowest BCUT2D eigenvalue weighted by Crippen LogP contribution is -2.07. The van der Waals surface area contributed by atoms with Crippen LogP contribution < -0.4 is 0 Å². The van der Waals surface area contributed by atoms with E-state index in [1.54, 1.807) is 0 Å². The molecule has 0 saturated carbocycles. The van der Waals surface area contributed by atoms with E-state index >= 15 is 0 Å². The van der Waals surface area contributed by atoms with Crippen molar-refractivity contribution in [3.63, 3.8) is 0 Å². The zero-order valence-corrected chi connectivity index (χ0v) is 4.42. The van der Waals surface area contributed by atoms with Crippen molar-refractivity contribution in [2.45, 2.75) is 13.0 Å². The summed E-state index contributed by atoms with van der Waals surface area (Å²) in [6.45, 7) is 3.09. The molecule has 0 amide bonds. The Morgan fingerprint density at radius 3 is 2.71 bits per heavy atom. The molecule has 1 aliphatic rings. The maximum atomic E-state index is 8.47. The SMILES string of the molecule is CC(CO)C1CO1. The molecule has 1 rings (SSSR count). The van der Waals surface area contributed by atoms with Crippen LogP contribution in [0.15, 0.2) is 0 Å². The van der Waals surface area contributed by atoms with Crippen LogP contribution >= 0.6 is 0 Å². The van der Waals surface area contributed by atoms with Gasteiger partial charge >= 0.3 is 0 Å². The van der Waals surface area contributed by atoms with Crippen LogP contribution in [0.2, 0.25) is 0 Å². The molecule has 0 spiro atoms. The van der Waals surface area contributed by atoms with E-state index < -0.39 is 0 Å². The molecule has 1 aliphatic heterocycles. The summed E-state index contributed by atoms with van der Waals surface area (Å²) < 4.78 is 4.90. The zero-order chi connectivity index (χ0) is 5.28. The van der Waals surface area contributed by atoms with Crippen molar-refractivity contribution < 1.29 is 9.84 Å². The van der Waals surface area contributed by atoms with Crippen molar-refractivity contribution in [1.29, 1.82) is 0 Å². The highest BCUT2D eigenvalue weighted by Crippen LogP contribution is 2.18. The van der Waals surface area contributed by atoms with Crippen molar-refractivity contribution in [2.24, 2.45) is 5.92 Å². The maximum Gasteiger partial charge on any atom is 0.0857 e. The monoisotopic (exact) mass is 102 g/mol. The minimum atomic E-state index is 0.255. The van der Waals surface area contributed by atoms with Gasteiger partial charge in [-0.2, -0.15) is 0 Å². The van der Waals surface area contributed by atoms with Crippen molar-refractivity contribution in [3.8, 4) is 0 Å². The number of aliphatic hydroxyl groups is 1. The number of epoxide rings is 1. The van der Waals surface area contributed by atoms with Crippen LogP contribution in [0.25, 0.3) is 0 Å². The van der Waals surface area contributed by atoms with Gasteiger partial charge in [0.05, 0.1) is 12.7 Å². The summed E-state index contributed by atoms with van der Waals surface area (Å²) in [4.78, 5) is 0. The number of aliphatic hydroxyl groups excluding tert-OH is 1. The number of hydrogen-bond donors (Lipinski definition) is 1. The molecule has 0 aromatic carbocycles. The van der Waals surface area contributed by atoms with Gasteiger partial charge < -0.3 is 9.84 Å². The van der Waals surface area contributed by atoms with Crippen LogP contribution in [0, 0.1) is 5.92 Å². The molecule has 2 unspecified atom stereocenters. The number of hydrogen-bond acceptors (Lipinski definition) is 2. The molecule has 0 aliphatic carbocycles. The maximum absolute atomic E-state index is 8.47. The summed E-state index contributed by atoms with van der Waals surface area (Å²) in [5.74, 6) is 0.347. The fraction of sp³-hybridized carbons (Fsp3) is 1.00. The lowest BCUT2D eigenvalue weighted by molar-refractivity contribution is 0.205. The van der Waals surface area contributed by atoms with E-state index in [1.807, 2.05) is 6.92 Å². The molecule has 1 fully saturated rings. The molecule has 0 aromatic rings. The van der Waals surface area contributed by atoms with Gasteiger partial charge in [-0.15, -0.1) is 0 Å². The van der Waals surface area contributed by atoms with Crippen LogP contribution in [0.3, 0.4) is 0 Å². The molecule has 2 nitrogen and oxygen atoms in total. The third kappa shape index (κ3) is 1.14. The van der Waals surface area contributed by atoms with E-state index in [9.17, 15) is 0 Å². The van der Waals surface area contributed by atoms with Crippen LogP contribution in [0.4, 0.5) is 0 Å². The molecule has 1 heterocycles. The minimum Gasteiger partial charge on any atom is -0.396 e. The molecular weight excluding hydrogens is 92.1 g/mol. The van der Waals surface area contributed by atoms with Crippen LogP contribution in [0.5, 0.6) is 0 Å². The summed E-state index contributed by atoms with van der Waals surface area (Å²) >= 11 is 0. The standard InChI is InChI=1S/C5H10O2/c1-4(2-6)5-3-7-5/h4-6H,2-3H2,1H3. The van der Waals surface area contributed by atoms with Crippen LogP contribution in [-0.2, 0) is 4.74 Å². The topological polar surface area (TPSA) is 32.8 Å². The van der Waals surface area contributed by atoms with Crippen molar-refractivity contribution in [3.05, 3.63) is 0 Å². The van der Waals surface area contributed by atoms with Gasteiger partial charge in [0.15, 0.2) is 0 Å². The molecule has 1 saturated heterocycles. The number of rotatable bonds is 2. The van der Waals surface area contributed by atoms with E-state index in [1.165, 1.54) is 0 Å². The second kappa shape index (κ2) is 1.80. The van der Waals surface area contributed by atoms with Gasteiger partial charge in [0.1, 0.15) is 0 Å². The molecule has 7 heavy (non-hydrogen) atoms. The highest BCUT2D eigenvalue weighted by Gasteiger charge is 2.28. The normalized spacial score (nSPS) is 32.6. The van der Waals surface area contributed by atoms with Gasteiger partial charge in [-0.3, -0.25) is 0 Å². The van der Waals surface area contributed by atoms with Gasteiger partial charge in [0.2, 0.25) is 0 Å². The van der Waals surface area contributed by atoms with E-state index in [4.69, 9.17) is 9.84 Å². The Hall–Kier alpha value is -0.0800. The van der Waals surface area contributed by atoms with Gasteiger partial charge in [-0.1, -0.05) is 6.92 Å². The van der Waals surface area contributed by atoms with E-state index in [-0.39, 0.29) is 6.61 Å². The largest absolute Gasteiger partial charge is 0.396 e. The fourth-order valence-corrected chi connectivity index (χ4v) is 0.502. The van der Waals surface area contributed by atoms with E-state index in [0.717, 1.165) is 6.61 Å². The first-order valence-corrected chi connectivity index (χ1v) is 2.57. The van der Waals surface area contributed by atoms with Crippen LogP contribution in [-0.4, -0.2) is 24.4 Å². The molecule has 1 N–H and O–H groups in total. The minimum absolute atomic E-state index is 0.255. The summed E-state index contributed by atoms with van der Waals surface area (Å²) in [5.41, 5.74) is 0. The van der Waals surface area contributed by atoms with Crippen LogP contribution in [0.1, 0.15) is 6.92 Å². The second-order valence-electron chi connectivity index (χ2n) is 2.03. The molecular formula is C5H10O2. The third-order valence-corrected chi connectivity index (χ3v) is 1.28. The Labute approximate surface area is 43.1 Å². The van der Waals surface area contributed by atoms with E-state index in [2.05, 4.69) is 0 Å². The fourth-order valence-electron chi connectivity index (χ4n) is 0.502. The second-order valence-corrected chi connectivity index (χ2v) is 2.03. The van der Waals surface area contributed by atoms with E-state index in [0.29, 0.717) is 12.0 Å². The average Bonchev–Trinajstić information content (AvgIpc) is 2.44. The highest BCUT2D eigenvalue weighted by atomic mass is 16.6. The Morgan fingerprint density at radius 1 is 2.00 bits per heavy atom. The van der Waals surface area contributed by atoms with Gasteiger partial charge in [-0.25, -0.2) is 0 Å². The average molecular weight is 102 g/mol. The van der Waals surface area contributed by atoms with Crippen molar-refractivity contribution >= 4 is 0 Å². The number of ether oxygens (including phenoxy) is 1. The lowest BCUT2D eigenvalue weighted by Gasteiger charge is -1.98. The van der Waals surface area contributed by atoms with Crippen molar-refractivity contribution in [2.75, 3.05) is 13.2 Å². The first-order chi connectivity index (χ1) is 3.34. The lowest BCUT2D eigenvalue weighted by atomic mass is 10.1. The van der Waals surface area contributed by atoms with Gasteiger partial charge in [0.25, 0.3) is 0 Å². The predicted molar refractivity (Wildman–Crippen MR) is 26.0 cm³/mol. The summed E-state index contributed by atoms with van der Waals surface area (Å²) in [6.07, 6.45) is 0.366. The molecule has 0 bridgehead atoms. The summed E-state index contributed by atoms with van der Waals surface area (Å²) in [5, 5.41) is 8.47. The molecule has 42 valence electrons. The summed E-state index contributed by atoms with van der Waals surface area (Å²) in [6, 6.07) is 0. The first-order valence-electron chi connectivity index (χ1n) is 2.57. The summed E-state index contributed by atoms with van der Waals surface area (Å²) in [7, 11) is 0. The molecule has 0 aromatic heterocycles. The smallest absolute Gasteiger partial charge is 0.0857 e. The Morgan fingerprint density at radius 2 is 2.57 bits per heavy atom.